The largest absolute Gasteiger partial charge is 0.268 e. The minimum atomic E-state index is -3.96. The Kier molecular flexibility index (Phi) is 6.67. The molecule has 4 nitrogen and oxygen atoms in total. The van der Waals surface area contributed by atoms with Crippen molar-refractivity contribution in [2.24, 2.45) is 0 Å². The van der Waals surface area contributed by atoms with E-state index in [1.165, 1.54) is 12.1 Å². The van der Waals surface area contributed by atoms with Crippen molar-refractivity contribution in [3.05, 3.63) is 124 Å². The number of halogens is 1. The first-order valence-corrected chi connectivity index (χ1v) is 14.0. The third kappa shape index (κ3) is 4.93. The van der Waals surface area contributed by atoms with Crippen molar-refractivity contribution >= 4 is 49.0 Å². The minimum absolute atomic E-state index is 0.0417. The Balaban J connectivity index is 1.44. The van der Waals surface area contributed by atoms with E-state index in [9.17, 15) is 13.2 Å². The molecule has 36 heavy (non-hydrogen) atoms. The SMILES string of the molecule is Cc1sc2ccc(C(=O)NS(=O)(=O)c3ccccc3)cc2c1Cc1ccc(-c2ccccc2)cc1Cl. The van der Waals surface area contributed by atoms with Crippen LogP contribution >= 0.6 is 22.9 Å². The molecule has 1 N–H and O–H groups in total. The molecule has 5 rings (SSSR count). The van der Waals surface area contributed by atoms with Crippen molar-refractivity contribution in [1.82, 2.24) is 4.72 Å². The molecule has 0 saturated heterocycles. The fourth-order valence-electron chi connectivity index (χ4n) is 4.16. The van der Waals surface area contributed by atoms with Crippen LogP contribution in [0.3, 0.4) is 0 Å². The van der Waals surface area contributed by atoms with Gasteiger partial charge in [-0.3, -0.25) is 4.79 Å². The molecule has 0 aliphatic carbocycles. The van der Waals surface area contributed by atoms with Crippen LogP contribution < -0.4 is 4.72 Å². The molecule has 0 aliphatic rings. The number of nitrogens with one attached hydrogen (secondary N) is 1. The molecule has 5 aromatic rings. The average molecular weight is 532 g/mol. The van der Waals surface area contributed by atoms with Crippen LogP contribution in [0.2, 0.25) is 5.02 Å². The van der Waals surface area contributed by atoms with Gasteiger partial charge in [0.25, 0.3) is 15.9 Å². The number of fused-ring (bicyclic) bond motifs is 1. The van der Waals surface area contributed by atoms with Gasteiger partial charge in [0.05, 0.1) is 4.90 Å². The van der Waals surface area contributed by atoms with E-state index in [1.807, 2.05) is 55.5 Å². The Morgan fingerprint density at radius 1 is 0.861 bits per heavy atom. The van der Waals surface area contributed by atoms with E-state index in [0.29, 0.717) is 11.4 Å². The highest BCUT2D eigenvalue weighted by atomic mass is 35.5. The highest BCUT2D eigenvalue weighted by Crippen LogP contribution is 2.35. The minimum Gasteiger partial charge on any atom is -0.268 e. The van der Waals surface area contributed by atoms with Crippen LogP contribution in [-0.2, 0) is 16.4 Å². The molecule has 0 saturated carbocycles. The van der Waals surface area contributed by atoms with Crippen molar-refractivity contribution in [1.29, 1.82) is 0 Å². The van der Waals surface area contributed by atoms with Crippen molar-refractivity contribution in [3.8, 4) is 11.1 Å². The normalized spacial score (nSPS) is 11.5. The maximum atomic E-state index is 12.9. The van der Waals surface area contributed by atoms with Crippen LogP contribution in [0.15, 0.2) is 102 Å². The fourth-order valence-corrected chi connectivity index (χ4v) is 6.47. The molecular formula is C29H22ClNO3S2. The second-order valence-corrected chi connectivity index (χ2v) is 11.8. The molecule has 1 amide bonds. The highest BCUT2D eigenvalue weighted by molar-refractivity contribution is 7.90. The van der Waals surface area contributed by atoms with Crippen LogP contribution in [0, 0.1) is 6.92 Å². The van der Waals surface area contributed by atoms with Crippen LogP contribution in [0.4, 0.5) is 0 Å². The zero-order chi connectivity index (χ0) is 25.3. The van der Waals surface area contributed by atoms with E-state index in [1.54, 1.807) is 41.7 Å². The third-order valence-corrected chi connectivity index (χ3v) is 8.89. The van der Waals surface area contributed by atoms with Gasteiger partial charge in [-0.05, 0) is 71.0 Å². The molecule has 180 valence electrons. The summed E-state index contributed by atoms with van der Waals surface area (Å²) >= 11 is 8.33. The van der Waals surface area contributed by atoms with Gasteiger partial charge in [0.1, 0.15) is 0 Å². The van der Waals surface area contributed by atoms with Gasteiger partial charge in [0.15, 0.2) is 0 Å². The Hall–Kier alpha value is -3.45. The second kappa shape index (κ2) is 9.90. The molecule has 0 aliphatic heterocycles. The monoisotopic (exact) mass is 531 g/mol. The molecule has 1 heterocycles. The van der Waals surface area contributed by atoms with Crippen molar-refractivity contribution in [2.75, 3.05) is 0 Å². The number of hydrogen-bond acceptors (Lipinski definition) is 4. The lowest BCUT2D eigenvalue weighted by Crippen LogP contribution is -2.30. The number of carbonyl (C=O) groups is 1. The van der Waals surface area contributed by atoms with Crippen LogP contribution in [0.25, 0.3) is 21.2 Å². The maximum absolute atomic E-state index is 12.9. The molecule has 0 bridgehead atoms. The molecule has 4 aromatic carbocycles. The van der Waals surface area contributed by atoms with Gasteiger partial charge in [-0.15, -0.1) is 11.3 Å². The zero-order valence-corrected chi connectivity index (χ0v) is 21.8. The topological polar surface area (TPSA) is 63.2 Å². The summed E-state index contributed by atoms with van der Waals surface area (Å²) in [5.41, 5.74) is 4.50. The quantitative estimate of drug-likeness (QED) is 0.251. The fraction of sp³-hybridized carbons (Fsp3) is 0.0690. The van der Waals surface area contributed by atoms with Gasteiger partial charge < -0.3 is 0 Å². The molecule has 0 radical (unpaired) electrons. The summed E-state index contributed by atoms with van der Waals surface area (Å²) in [5.74, 6) is -0.666. The number of aryl methyl sites for hydroxylation is 1. The first kappa shape index (κ1) is 24.3. The Morgan fingerprint density at radius 2 is 1.56 bits per heavy atom. The van der Waals surface area contributed by atoms with Gasteiger partial charge in [-0.2, -0.15) is 0 Å². The van der Waals surface area contributed by atoms with Gasteiger partial charge >= 0.3 is 0 Å². The van der Waals surface area contributed by atoms with Crippen LogP contribution in [0.1, 0.15) is 26.4 Å². The van der Waals surface area contributed by atoms with Gasteiger partial charge in [-0.25, -0.2) is 13.1 Å². The number of carbonyl (C=O) groups excluding carboxylic acids is 1. The molecular weight excluding hydrogens is 510 g/mol. The zero-order valence-electron chi connectivity index (χ0n) is 19.4. The number of amides is 1. The van der Waals surface area contributed by atoms with Crippen molar-refractivity contribution in [2.45, 2.75) is 18.2 Å². The second-order valence-electron chi connectivity index (χ2n) is 8.44. The van der Waals surface area contributed by atoms with E-state index < -0.39 is 15.9 Å². The number of sulfonamides is 1. The summed E-state index contributed by atoms with van der Waals surface area (Å²) in [7, 11) is -3.96. The highest BCUT2D eigenvalue weighted by Gasteiger charge is 2.20. The predicted octanol–water partition coefficient (Wildman–Crippen LogP) is 7.24. The summed E-state index contributed by atoms with van der Waals surface area (Å²) in [6.07, 6.45) is 0.604. The number of benzene rings is 4. The lowest BCUT2D eigenvalue weighted by Gasteiger charge is -2.09. The number of hydrogen-bond donors (Lipinski definition) is 1. The van der Waals surface area contributed by atoms with Crippen LogP contribution in [-0.4, -0.2) is 14.3 Å². The van der Waals surface area contributed by atoms with Crippen LogP contribution in [0.5, 0.6) is 0 Å². The average Bonchev–Trinajstić information content (AvgIpc) is 3.20. The predicted molar refractivity (Wildman–Crippen MR) is 147 cm³/mol. The molecule has 7 heteroatoms. The third-order valence-electron chi connectivity index (χ3n) is 6.06. The Bertz CT molecular complexity index is 1680. The molecule has 1 aromatic heterocycles. The maximum Gasteiger partial charge on any atom is 0.265 e. The lowest BCUT2D eigenvalue weighted by molar-refractivity contribution is 0.0981. The summed E-state index contributed by atoms with van der Waals surface area (Å²) in [4.78, 5) is 14.0. The van der Waals surface area contributed by atoms with E-state index in [-0.39, 0.29) is 10.5 Å². The standard InChI is InChI=1S/C29H22ClNO3S2/c1-19-25(16-22-13-12-21(18-27(22)30)20-8-4-2-5-9-20)26-17-23(14-15-28(26)35-19)29(32)31-36(33,34)24-10-6-3-7-11-24/h2-15,17-18H,16H2,1H3,(H,31,32). The first-order chi connectivity index (χ1) is 17.3. The van der Waals surface area contributed by atoms with Gasteiger partial charge in [0, 0.05) is 26.6 Å². The lowest BCUT2D eigenvalue weighted by atomic mass is 9.98. The molecule has 0 fully saturated rings. The Morgan fingerprint density at radius 3 is 2.25 bits per heavy atom. The summed E-state index contributed by atoms with van der Waals surface area (Å²) in [6.45, 7) is 2.05. The van der Waals surface area contributed by atoms with E-state index in [4.69, 9.17) is 11.6 Å². The van der Waals surface area contributed by atoms with Gasteiger partial charge in [0.2, 0.25) is 0 Å². The van der Waals surface area contributed by atoms with E-state index in [2.05, 4.69) is 10.8 Å². The van der Waals surface area contributed by atoms with E-state index >= 15 is 0 Å². The smallest absolute Gasteiger partial charge is 0.265 e. The van der Waals surface area contributed by atoms with Crippen molar-refractivity contribution in [3.63, 3.8) is 0 Å². The van der Waals surface area contributed by atoms with Gasteiger partial charge in [-0.1, -0.05) is 72.3 Å². The number of rotatable bonds is 6. The number of thiophene rings is 1. The first-order valence-electron chi connectivity index (χ1n) is 11.3. The summed E-state index contributed by atoms with van der Waals surface area (Å²) in [6, 6.07) is 29.3. The van der Waals surface area contributed by atoms with Crippen molar-refractivity contribution < 1.29 is 13.2 Å². The molecule has 0 atom stereocenters. The molecule has 0 unspecified atom stereocenters. The molecule has 0 spiro atoms. The Labute approximate surface area is 219 Å². The summed E-state index contributed by atoms with van der Waals surface area (Å²) in [5, 5.41) is 1.60. The van der Waals surface area contributed by atoms with E-state index in [0.717, 1.165) is 37.2 Å². The summed E-state index contributed by atoms with van der Waals surface area (Å²) < 4.78 is 28.4.